The molecule has 1 heterocycles. The van der Waals surface area contributed by atoms with Crippen molar-refractivity contribution in [2.45, 2.75) is 25.5 Å². The van der Waals surface area contributed by atoms with Gasteiger partial charge in [-0.25, -0.2) is 0 Å². The summed E-state index contributed by atoms with van der Waals surface area (Å²) in [6.07, 6.45) is 4.85. The third-order valence-corrected chi connectivity index (χ3v) is 3.22. The maximum absolute atomic E-state index is 9.55. The molecule has 0 amide bonds. The minimum absolute atomic E-state index is 0.441. The van der Waals surface area contributed by atoms with Gasteiger partial charge in [-0.15, -0.1) is 6.58 Å². The first-order valence-electron chi connectivity index (χ1n) is 6.33. The predicted octanol–water partition coefficient (Wildman–Crippen LogP) is 2.08. The fourth-order valence-corrected chi connectivity index (χ4v) is 2.25. The number of nitrogens with two attached hydrogens (primary N) is 1. The quantitative estimate of drug-likeness (QED) is 0.764. The van der Waals surface area contributed by atoms with Crippen LogP contribution in [0.25, 0.3) is 10.9 Å². The lowest BCUT2D eigenvalue weighted by Crippen LogP contribution is -2.07. The molecule has 0 aliphatic rings. The van der Waals surface area contributed by atoms with Gasteiger partial charge < -0.3 is 15.4 Å². The number of aliphatic hydroxyl groups is 1. The van der Waals surface area contributed by atoms with E-state index in [1.165, 1.54) is 16.5 Å². The van der Waals surface area contributed by atoms with Gasteiger partial charge in [0, 0.05) is 23.6 Å². The average molecular weight is 244 g/mol. The summed E-state index contributed by atoms with van der Waals surface area (Å²) in [6.45, 7) is 5.04. The lowest BCUT2D eigenvalue weighted by molar-refractivity contribution is 0.206. The number of rotatable bonds is 6. The summed E-state index contributed by atoms with van der Waals surface area (Å²) in [4.78, 5) is 0. The highest BCUT2D eigenvalue weighted by molar-refractivity contribution is 5.84. The Balaban J connectivity index is 2.29. The molecule has 3 heteroatoms. The molecule has 3 N–H and O–H groups in total. The molecule has 96 valence electrons. The standard InChI is InChI=1S/C15H20N2O/c1-2-13(18)8-10-17-11-12(7-9-16)14-5-3-4-6-15(14)17/h2-6,11,13,18H,1,7-10,16H2. The SMILES string of the molecule is C=CC(O)CCn1cc(CCN)c2ccccc21. The first-order chi connectivity index (χ1) is 8.76. The van der Waals surface area contributed by atoms with Crippen molar-refractivity contribution in [2.75, 3.05) is 6.54 Å². The third kappa shape index (κ3) is 2.63. The maximum atomic E-state index is 9.55. The van der Waals surface area contributed by atoms with E-state index < -0.39 is 6.10 Å². The normalized spacial score (nSPS) is 12.8. The molecule has 2 aromatic rings. The van der Waals surface area contributed by atoms with Crippen LogP contribution in [0.5, 0.6) is 0 Å². The van der Waals surface area contributed by atoms with Crippen molar-refractivity contribution in [2.24, 2.45) is 5.73 Å². The minimum Gasteiger partial charge on any atom is -0.389 e. The van der Waals surface area contributed by atoms with E-state index in [0.29, 0.717) is 13.0 Å². The van der Waals surface area contributed by atoms with Gasteiger partial charge in [0.15, 0.2) is 0 Å². The lowest BCUT2D eigenvalue weighted by Gasteiger charge is -2.07. The molecule has 1 unspecified atom stereocenters. The van der Waals surface area contributed by atoms with Crippen molar-refractivity contribution in [3.05, 3.63) is 48.7 Å². The van der Waals surface area contributed by atoms with Crippen LogP contribution in [0.15, 0.2) is 43.1 Å². The Morgan fingerprint density at radius 3 is 2.89 bits per heavy atom. The topological polar surface area (TPSA) is 51.2 Å². The smallest absolute Gasteiger partial charge is 0.0735 e. The predicted molar refractivity (Wildman–Crippen MR) is 75.5 cm³/mol. The van der Waals surface area contributed by atoms with Crippen molar-refractivity contribution in [1.82, 2.24) is 4.57 Å². The summed E-state index contributed by atoms with van der Waals surface area (Å²) in [5.41, 5.74) is 8.13. The number of hydrogen-bond acceptors (Lipinski definition) is 2. The largest absolute Gasteiger partial charge is 0.389 e. The molecular formula is C15H20N2O. The van der Waals surface area contributed by atoms with E-state index in [2.05, 4.69) is 29.5 Å². The van der Waals surface area contributed by atoms with E-state index in [1.54, 1.807) is 6.08 Å². The number of aliphatic hydroxyl groups excluding tert-OH is 1. The molecule has 0 spiro atoms. The van der Waals surface area contributed by atoms with E-state index in [0.717, 1.165) is 13.0 Å². The molecule has 0 radical (unpaired) electrons. The van der Waals surface area contributed by atoms with Gasteiger partial charge in [0.25, 0.3) is 0 Å². The number of fused-ring (bicyclic) bond motifs is 1. The molecule has 1 aromatic heterocycles. The van der Waals surface area contributed by atoms with Crippen LogP contribution in [0.2, 0.25) is 0 Å². The second kappa shape index (κ2) is 5.85. The molecule has 1 aromatic carbocycles. The molecule has 0 bridgehead atoms. The van der Waals surface area contributed by atoms with Gasteiger partial charge in [0.2, 0.25) is 0 Å². The van der Waals surface area contributed by atoms with Crippen molar-refractivity contribution in [3.63, 3.8) is 0 Å². The molecule has 0 aliphatic carbocycles. The fraction of sp³-hybridized carbons (Fsp3) is 0.333. The van der Waals surface area contributed by atoms with E-state index in [9.17, 15) is 5.11 Å². The second-order valence-corrected chi connectivity index (χ2v) is 4.50. The summed E-state index contributed by atoms with van der Waals surface area (Å²) in [7, 11) is 0. The average Bonchev–Trinajstić information content (AvgIpc) is 2.75. The summed E-state index contributed by atoms with van der Waals surface area (Å²) in [5, 5.41) is 10.8. The van der Waals surface area contributed by atoms with Gasteiger partial charge in [-0.05, 0) is 31.0 Å². The van der Waals surface area contributed by atoms with Crippen LogP contribution in [-0.4, -0.2) is 22.3 Å². The zero-order valence-corrected chi connectivity index (χ0v) is 10.5. The van der Waals surface area contributed by atoms with Crippen molar-refractivity contribution < 1.29 is 5.11 Å². The molecule has 18 heavy (non-hydrogen) atoms. The van der Waals surface area contributed by atoms with Crippen LogP contribution in [-0.2, 0) is 13.0 Å². The number of nitrogens with zero attached hydrogens (tertiary/aromatic N) is 1. The van der Waals surface area contributed by atoms with E-state index in [4.69, 9.17) is 5.73 Å². The minimum atomic E-state index is -0.441. The van der Waals surface area contributed by atoms with Gasteiger partial charge in [0.1, 0.15) is 0 Å². The highest BCUT2D eigenvalue weighted by Crippen LogP contribution is 2.22. The molecular weight excluding hydrogens is 224 g/mol. The van der Waals surface area contributed by atoms with Crippen LogP contribution >= 0.6 is 0 Å². The van der Waals surface area contributed by atoms with Crippen LogP contribution in [0.4, 0.5) is 0 Å². The highest BCUT2D eigenvalue weighted by atomic mass is 16.3. The highest BCUT2D eigenvalue weighted by Gasteiger charge is 2.08. The number of hydrogen-bond donors (Lipinski definition) is 2. The zero-order chi connectivity index (χ0) is 13.0. The van der Waals surface area contributed by atoms with Crippen LogP contribution in [0, 0.1) is 0 Å². The Hall–Kier alpha value is -1.58. The van der Waals surface area contributed by atoms with Gasteiger partial charge in [0.05, 0.1) is 6.10 Å². The van der Waals surface area contributed by atoms with Crippen LogP contribution < -0.4 is 5.73 Å². The molecule has 0 aliphatic heterocycles. The third-order valence-electron chi connectivity index (χ3n) is 3.22. The van der Waals surface area contributed by atoms with Gasteiger partial charge in [-0.2, -0.15) is 0 Å². The maximum Gasteiger partial charge on any atom is 0.0735 e. The van der Waals surface area contributed by atoms with Crippen molar-refractivity contribution >= 4 is 10.9 Å². The Morgan fingerprint density at radius 1 is 1.39 bits per heavy atom. The van der Waals surface area contributed by atoms with Gasteiger partial charge in [-0.3, -0.25) is 0 Å². The Morgan fingerprint density at radius 2 is 2.17 bits per heavy atom. The number of benzene rings is 1. The first kappa shape index (κ1) is 12.9. The summed E-state index contributed by atoms with van der Waals surface area (Å²) in [5.74, 6) is 0. The monoisotopic (exact) mass is 244 g/mol. The molecule has 3 nitrogen and oxygen atoms in total. The van der Waals surface area contributed by atoms with Crippen molar-refractivity contribution in [1.29, 1.82) is 0 Å². The zero-order valence-electron chi connectivity index (χ0n) is 10.5. The fourth-order valence-electron chi connectivity index (χ4n) is 2.25. The number of aromatic nitrogens is 1. The van der Waals surface area contributed by atoms with Gasteiger partial charge >= 0.3 is 0 Å². The van der Waals surface area contributed by atoms with Crippen LogP contribution in [0.1, 0.15) is 12.0 Å². The summed E-state index contributed by atoms with van der Waals surface area (Å²) < 4.78 is 2.19. The molecule has 2 rings (SSSR count). The van der Waals surface area contributed by atoms with Crippen LogP contribution in [0.3, 0.4) is 0 Å². The van der Waals surface area contributed by atoms with E-state index >= 15 is 0 Å². The van der Waals surface area contributed by atoms with E-state index in [1.807, 2.05) is 12.1 Å². The summed E-state index contributed by atoms with van der Waals surface area (Å²) in [6, 6.07) is 8.32. The number of para-hydroxylation sites is 1. The molecule has 0 fully saturated rings. The Bertz CT molecular complexity index is 530. The second-order valence-electron chi connectivity index (χ2n) is 4.50. The lowest BCUT2D eigenvalue weighted by atomic mass is 10.1. The van der Waals surface area contributed by atoms with Gasteiger partial charge in [-0.1, -0.05) is 24.3 Å². The Kier molecular flexibility index (Phi) is 4.18. The Labute approximate surface area is 108 Å². The summed E-state index contributed by atoms with van der Waals surface area (Å²) >= 11 is 0. The van der Waals surface area contributed by atoms with Crippen molar-refractivity contribution in [3.8, 4) is 0 Å². The first-order valence-corrected chi connectivity index (χ1v) is 6.33. The number of aryl methyl sites for hydroxylation is 1. The van der Waals surface area contributed by atoms with E-state index in [-0.39, 0.29) is 0 Å². The molecule has 1 atom stereocenters. The molecule has 0 saturated carbocycles. The molecule has 0 saturated heterocycles.